The fraction of sp³-hybridized carbons (Fsp3) is 0.500. The van der Waals surface area contributed by atoms with Gasteiger partial charge >= 0.3 is 5.97 Å². The number of carboxylic acid groups (broad SMARTS) is 1. The van der Waals surface area contributed by atoms with Gasteiger partial charge in [0.2, 0.25) is 5.91 Å². The molecule has 5 heteroatoms. The molecule has 1 aliphatic rings. The molecule has 4 nitrogen and oxygen atoms in total. The predicted octanol–water partition coefficient (Wildman–Crippen LogP) is 2.95. The molecule has 1 unspecified atom stereocenters. The van der Waals surface area contributed by atoms with Crippen LogP contribution < -0.4 is 0 Å². The van der Waals surface area contributed by atoms with E-state index in [0.29, 0.717) is 32.4 Å². The quantitative estimate of drug-likeness (QED) is 0.822. The zero-order valence-corrected chi connectivity index (χ0v) is 12.9. The number of amides is 1. The molecule has 1 atom stereocenters. The molecular weight excluding hydrogens is 286 g/mol. The third-order valence-electron chi connectivity index (χ3n) is 4.13. The Morgan fingerprint density at radius 2 is 2.33 bits per heavy atom. The van der Waals surface area contributed by atoms with Crippen LogP contribution in [0.3, 0.4) is 0 Å². The average molecular weight is 307 g/mol. The predicted molar refractivity (Wildman–Crippen MR) is 83.3 cm³/mol. The number of likely N-dealkylation sites (tertiary alicyclic amines) is 1. The molecule has 0 bridgehead atoms. The minimum atomic E-state index is -0.849. The van der Waals surface area contributed by atoms with Crippen molar-refractivity contribution in [1.29, 1.82) is 0 Å². The highest BCUT2D eigenvalue weighted by Gasteiger charge is 2.42. The van der Waals surface area contributed by atoms with Gasteiger partial charge < -0.3 is 10.0 Å². The van der Waals surface area contributed by atoms with Gasteiger partial charge in [-0.2, -0.15) is 11.3 Å². The minimum Gasteiger partial charge on any atom is -0.481 e. The van der Waals surface area contributed by atoms with E-state index in [2.05, 4.69) is 6.58 Å². The SMILES string of the molecule is C=CCC1(C(=O)O)CCCN(C(=O)CCc2ccsc2)C1. The van der Waals surface area contributed by atoms with Gasteiger partial charge in [0.15, 0.2) is 0 Å². The molecule has 2 rings (SSSR count). The van der Waals surface area contributed by atoms with E-state index in [1.54, 1.807) is 22.3 Å². The van der Waals surface area contributed by atoms with Gasteiger partial charge in [0, 0.05) is 19.5 Å². The first-order valence-electron chi connectivity index (χ1n) is 7.20. The second-order valence-electron chi connectivity index (χ2n) is 5.63. The van der Waals surface area contributed by atoms with Crippen LogP contribution in [0.4, 0.5) is 0 Å². The molecule has 1 aliphatic heterocycles. The largest absolute Gasteiger partial charge is 0.481 e. The number of carboxylic acids is 1. The monoisotopic (exact) mass is 307 g/mol. The maximum atomic E-state index is 12.3. The van der Waals surface area contributed by atoms with E-state index >= 15 is 0 Å². The average Bonchev–Trinajstić information content (AvgIpc) is 2.98. The van der Waals surface area contributed by atoms with Crippen LogP contribution in [0.1, 0.15) is 31.2 Å². The van der Waals surface area contributed by atoms with Gasteiger partial charge in [-0.1, -0.05) is 6.08 Å². The first-order valence-corrected chi connectivity index (χ1v) is 8.15. The lowest BCUT2D eigenvalue weighted by molar-refractivity contribution is -0.154. The van der Waals surface area contributed by atoms with Gasteiger partial charge in [-0.25, -0.2) is 0 Å². The molecule has 0 aromatic carbocycles. The molecule has 0 saturated carbocycles. The summed E-state index contributed by atoms with van der Waals surface area (Å²) in [6.45, 7) is 4.62. The van der Waals surface area contributed by atoms with Crippen LogP contribution in [0.2, 0.25) is 0 Å². The Morgan fingerprint density at radius 3 is 2.95 bits per heavy atom. The number of hydrogen-bond acceptors (Lipinski definition) is 3. The van der Waals surface area contributed by atoms with Crippen LogP contribution >= 0.6 is 11.3 Å². The van der Waals surface area contributed by atoms with Crippen LogP contribution in [0.25, 0.3) is 0 Å². The third-order valence-corrected chi connectivity index (χ3v) is 4.86. The van der Waals surface area contributed by atoms with E-state index in [1.165, 1.54) is 5.56 Å². The Hall–Kier alpha value is -1.62. The Bertz CT molecular complexity index is 512. The Kier molecular flexibility index (Phi) is 5.17. The first kappa shape index (κ1) is 15.8. The molecule has 1 saturated heterocycles. The summed E-state index contributed by atoms with van der Waals surface area (Å²) in [7, 11) is 0. The molecule has 0 radical (unpaired) electrons. The standard InChI is InChI=1S/C16H21NO3S/c1-2-7-16(15(19)20)8-3-9-17(12-16)14(18)5-4-13-6-10-21-11-13/h2,6,10-11H,1,3-5,7-9,12H2,(H,19,20). The van der Waals surface area contributed by atoms with Crippen molar-refractivity contribution in [3.8, 4) is 0 Å². The van der Waals surface area contributed by atoms with E-state index in [9.17, 15) is 14.7 Å². The van der Waals surface area contributed by atoms with E-state index in [-0.39, 0.29) is 5.91 Å². The number of nitrogens with zero attached hydrogens (tertiary/aromatic N) is 1. The van der Waals surface area contributed by atoms with Crippen molar-refractivity contribution in [2.75, 3.05) is 13.1 Å². The molecular formula is C16H21NO3S. The van der Waals surface area contributed by atoms with Crippen molar-refractivity contribution >= 4 is 23.2 Å². The summed E-state index contributed by atoms with van der Waals surface area (Å²) in [6, 6.07) is 2.02. The lowest BCUT2D eigenvalue weighted by Gasteiger charge is -2.39. The minimum absolute atomic E-state index is 0.0515. The van der Waals surface area contributed by atoms with Crippen molar-refractivity contribution in [1.82, 2.24) is 4.90 Å². The first-order chi connectivity index (χ1) is 10.1. The zero-order valence-electron chi connectivity index (χ0n) is 12.1. The number of allylic oxidation sites excluding steroid dienone is 1. The van der Waals surface area contributed by atoms with Gasteiger partial charge in [-0.3, -0.25) is 9.59 Å². The number of carbonyl (C=O) groups is 2. The molecule has 2 heterocycles. The van der Waals surface area contributed by atoms with Crippen LogP contribution in [0.15, 0.2) is 29.5 Å². The Morgan fingerprint density at radius 1 is 1.52 bits per heavy atom. The summed E-state index contributed by atoms with van der Waals surface area (Å²) in [5.41, 5.74) is 0.318. The highest BCUT2D eigenvalue weighted by molar-refractivity contribution is 7.07. The molecule has 1 aromatic heterocycles. The van der Waals surface area contributed by atoms with Gasteiger partial charge in [0.25, 0.3) is 0 Å². The molecule has 1 aromatic rings. The molecule has 114 valence electrons. The van der Waals surface area contributed by atoms with Crippen molar-refractivity contribution in [2.24, 2.45) is 5.41 Å². The summed E-state index contributed by atoms with van der Waals surface area (Å²) in [4.78, 5) is 25.6. The lowest BCUT2D eigenvalue weighted by Crippen LogP contribution is -2.49. The number of aryl methyl sites for hydroxylation is 1. The molecule has 1 N–H and O–H groups in total. The summed E-state index contributed by atoms with van der Waals surface area (Å²) in [6.07, 6.45) is 4.58. The van der Waals surface area contributed by atoms with Gasteiger partial charge in [0.1, 0.15) is 0 Å². The number of carbonyl (C=O) groups excluding carboxylic acids is 1. The molecule has 0 spiro atoms. The van der Waals surface area contributed by atoms with Crippen molar-refractivity contribution in [3.05, 3.63) is 35.0 Å². The molecule has 1 amide bonds. The van der Waals surface area contributed by atoms with Crippen LogP contribution in [-0.2, 0) is 16.0 Å². The number of aliphatic carboxylic acids is 1. The van der Waals surface area contributed by atoms with E-state index in [4.69, 9.17) is 0 Å². The van der Waals surface area contributed by atoms with Gasteiger partial charge in [-0.05, 0) is 48.1 Å². The highest BCUT2D eigenvalue weighted by atomic mass is 32.1. The van der Waals surface area contributed by atoms with Gasteiger partial charge in [-0.15, -0.1) is 6.58 Å². The fourth-order valence-corrected chi connectivity index (χ4v) is 3.60. The van der Waals surface area contributed by atoms with E-state index in [0.717, 1.165) is 12.8 Å². The summed E-state index contributed by atoms with van der Waals surface area (Å²) in [5, 5.41) is 13.6. The molecule has 21 heavy (non-hydrogen) atoms. The van der Waals surface area contributed by atoms with E-state index in [1.807, 2.05) is 16.8 Å². The second kappa shape index (κ2) is 6.89. The zero-order chi connectivity index (χ0) is 15.3. The normalized spacial score (nSPS) is 22.0. The number of hydrogen-bond donors (Lipinski definition) is 1. The number of rotatable bonds is 6. The summed E-state index contributed by atoms with van der Waals surface area (Å²) >= 11 is 1.62. The maximum absolute atomic E-state index is 12.3. The number of thiophene rings is 1. The van der Waals surface area contributed by atoms with Crippen LogP contribution in [0, 0.1) is 5.41 Å². The maximum Gasteiger partial charge on any atom is 0.311 e. The number of piperidine rings is 1. The Balaban J connectivity index is 1.97. The molecule has 1 fully saturated rings. The lowest BCUT2D eigenvalue weighted by atomic mass is 9.77. The van der Waals surface area contributed by atoms with Crippen LogP contribution in [0.5, 0.6) is 0 Å². The van der Waals surface area contributed by atoms with Crippen molar-refractivity contribution in [3.63, 3.8) is 0 Å². The summed E-state index contributed by atoms with van der Waals surface area (Å²) in [5.74, 6) is -0.770. The third kappa shape index (κ3) is 3.73. The smallest absolute Gasteiger partial charge is 0.311 e. The Labute approximate surface area is 129 Å². The van der Waals surface area contributed by atoms with E-state index < -0.39 is 11.4 Å². The van der Waals surface area contributed by atoms with Crippen LogP contribution in [-0.4, -0.2) is 35.0 Å². The van der Waals surface area contributed by atoms with Crippen molar-refractivity contribution in [2.45, 2.75) is 32.1 Å². The summed E-state index contributed by atoms with van der Waals surface area (Å²) < 4.78 is 0. The van der Waals surface area contributed by atoms with Gasteiger partial charge in [0.05, 0.1) is 5.41 Å². The second-order valence-corrected chi connectivity index (χ2v) is 6.41. The highest BCUT2D eigenvalue weighted by Crippen LogP contribution is 2.34. The fourth-order valence-electron chi connectivity index (χ4n) is 2.89. The molecule has 0 aliphatic carbocycles. The van der Waals surface area contributed by atoms with Crippen molar-refractivity contribution < 1.29 is 14.7 Å². The topological polar surface area (TPSA) is 57.6 Å².